The molecule has 56 heavy (non-hydrogen) atoms. The third kappa shape index (κ3) is 5.65. The van der Waals surface area contributed by atoms with Crippen molar-refractivity contribution in [2.45, 2.75) is 5.41 Å². The van der Waals surface area contributed by atoms with Gasteiger partial charge in [-0.1, -0.05) is 188 Å². The maximum absolute atomic E-state index is 2.43. The molecule has 0 heterocycles. The van der Waals surface area contributed by atoms with Gasteiger partial charge in [0.2, 0.25) is 0 Å². The minimum atomic E-state index is -0.475. The Morgan fingerprint density at radius 2 is 0.696 bits per heavy atom. The minimum absolute atomic E-state index is 0.475. The molecule has 0 aromatic heterocycles. The number of rotatable bonds is 8. The van der Waals surface area contributed by atoms with Gasteiger partial charge >= 0.3 is 0 Å². The zero-order valence-corrected chi connectivity index (χ0v) is 31.0. The molecule has 264 valence electrons. The van der Waals surface area contributed by atoms with Crippen LogP contribution in [0.3, 0.4) is 0 Å². The van der Waals surface area contributed by atoms with E-state index in [0.717, 1.165) is 17.1 Å². The van der Waals surface area contributed by atoms with Gasteiger partial charge in [-0.25, -0.2) is 0 Å². The zero-order chi connectivity index (χ0) is 37.3. The van der Waals surface area contributed by atoms with Crippen molar-refractivity contribution < 1.29 is 0 Å². The van der Waals surface area contributed by atoms with Crippen LogP contribution < -0.4 is 4.90 Å². The number of nitrogens with zero attached hydrogens (tertiary/aromatic N) is 1. The highest BCUT2D eigenvalue weighted by Gasteiger charge is 2.47. The fourth-order valence-electron chi connectivity index (χ4n) is 8.86. The Bertz CT molecular complexity index is 2660. The van der Waals surface area contributed by atoms with Gasteiger partial charge in [0.25, 0.3) is 0 Å². The Kier molecular flexibility index (Phi) is 8.46. The van der Waals surface area contributed by atoms with Gasteiger partial charge in [0.15, 0.2) is 0 Å². The number of para-hydroxylation sites is 1. The van der Waals surface area contributed by atoms with E-state index in [0.29, 0.717) is 0 Å². The van der Waals surface area contributed by atoms with Crippen LogP contribution in [0.15, 0.2) is 237 Å². The standard InChI is InChI=1S/C55H39N/c1-6-19-40(20-7-1)43-37-44(41-21-8-2-9-22-41)39-45(38-43)42-33-35-49(36-34-42)56(48-27-14-5-15-28-48)53-32-18-31-52-54(53)50-29-16-17-30-51(50)55(52,46-23-10-3-11-24-46)47-25-12-4-13-26-47/h1-39H. The summed E-state index contributed by atoms with van der Waals surface area (Å²) in [4.78, 5) is 2.43. The van der Waals surface area contributed by atoms with Crippen molar-refractivity contribution in [2.75, 3.05) is 4.90 Å². The summed E-state index contributed by atoms with van der Waals surface area (Å²) < 4.78 is 0. The smallest absolute Gasteiger partial charge is 0.0714 e. The minimum Gasteiger partial charge on any atom is -0.310 e. The molecule has 0 atom stereocenters. The van der Waals surface area contributed by atoms with Crippen LogP contribution in [0.2, 0.25) is 0 Å². The second-order valence-electron chi connectivity index (χ2n) is 14.5. The monoisotopic (exact) mass is 713 g/mol. The number of benzene rings is 9. The van der Waals surface area contributed by atoms with Gasteiger partial charge in [0.05, 0.1) is 11.1 Å². The molecule has 0 bridgehead atoms. The molecule has 0 radical (unpaired) electrons. The van der Waals surface area contributed by atoms with Crippen LogP contribution >= 0.6 is 0 Å². The summed E-state index contributed by atoms with van der Waals surface area (Å²) in [6.45, 7) is 0. The number of fused-ring (bicyclic) bond motifs is 3. The largest absolute Gasteiger partial charge is 0.310 e. The lowest BCUT2D eigenvalue weighted by Crippen LogP contribution is -2.28. The van der Waals surface area contributed by atoms with Gasteiger partial charge in [-0.15, -0.1) is 0 Å². The lowest BCUT2D eigenvalue weighted by atomic mass is 9.68. The van der Waals surface area contributed by atoms with Gasteiger partial charge in [-0.2, -0.15) is 0 Å². The highest BCUT2D eigenvalue weighted by atomic mass is 15.1. The molecule has 0 amide bonds. The topological polar surface area (TPSA) is 3.24 Å². The molecule has 10 rings (SSSR count). The zero-order valence-electron chi connectivity index (χ0n) is 31.0. The fraction of sp³-hybridized carbons (Fsp3) is 0.0182. The molecule has 9 aromatic rings. The van der Waals surface area contributed by atoms with E-state index in [-0.39, 0.29) is 0 Å². The first-order chi connectivity index (χ1) is 27.8. The first-order valence-electron chi connectivity index (χ1n) is 19.3. The molecule has 0 N–H and O–H groups in total. The first-order valence-corrected chi connectivity index (χ1v) is 19.3. The second kappa shape index (κ2) is 14.2. The summed E-state index contributed by atoms with van der Waals surface area (Å²) in [5, 5.41) is 0. The molecule has 0 spiro atoms. The van der Waals surface area contributed by atoms with E-state index in [9.17, 15) is 0 Å². The van der Waals surface area contributed by atoms with Crippen LogP contribution in [0.1, 0.15) is 22.3 Å². The molecule has 1 nitrogen and oxygen atoms in total. The number of hydrogen-bond donors (Lipinski definition) is 0. The lowest BCUT2D eigenvalue weighted by molar-refractivity contribution is 0.768. The first kappa shape index (κ1) is 33.4. The van der Waals surface area contributed by atoms with Crippen LogP contribution in [0.5, 0.6) is 0 Å². The molecule has 0 saturated heterocycles. The van der Waals surface area contributed by atoms with Gasteiger partial charge in [0, 0.05) is 16.9 Å². The van der Waals surface area contributed by atoms with Crippen molar-refractivity contribution in [3.63, 3.8) is 0 Å². The van der Waals surface area contributed by atoms with E-state index >= 15 is 0 Å². The van der Waals surface area contributed by atoms with Crippen LogP contribution in [0.25, 0.3) is 44.5 Å². The summed E-state index contributed by atoms with van der Waals surface area (Å²) >= 11 is 0. The van der Waals surface area contributed by atoms with Gasteiger partial charge in [-0.3, -0.25) is 0 Å². The Balaban J connectivity index is 1.15. The summed E-state index contributed by atoms with van der Waals surface area (Å²) in [6.07, 6.45) is 0. The molecular formula is C55H39N. The van der Waals surface area contributed by atoms with Crippen molar-refractivity contribution in [2.24, 2.45) is 0 Å². The molecule has 1 aliphatic carbocycles. The molecule has 1 aliphatic rings. The van der Waals surface area contributed by atoms with Crippen molar-refractivity contribution in [3.8, 4) is 44.5 Å². The van der Waals surface area contributed by atoms with E-state index in [2.05, 4.69) is 241 Å². The highest BCUT2D eigenvalue weighted by Crippen LogP contribution is 2.59. The van der Waals surface area contributed by atoms with Crippen molar-refractivity contribution in [1.82, 2.24) is 0 Å². The maximum Gasteiger partial charge on any atom is 0.0714 e. The van der Waals surface area contributed by atoms with Crippen molar-refractivity contribution >= 4 is 17.1 Å². The molecule has 9 aromatic carbocycles. The molecule has 1 heteroatoms. The molecule has 0 fully saturated rings. The van der Waals surface area contributed by atoms with Crippen LogP contribution in [-0.4, -0.2) is 0 Å². The lowest BCUT2D eigenvalue weighted by Gasteiger charge is -2.34. The third-order valence-electron chi connectivity index (χ3n) is 11.3. The Morgan fingerprint density at radius 1 is 0.286 bits per heavy atom. The third-order valence-corrected chi connectivity index (χ3v) is 11.3. The SMILES string of the molecule is c1ccc(-c2cc(-c3ccccc3)cc(-c3ccc(N(c4ccccc4)c4cccc5c4-c4ccccc4C5(c4ccccc4)c4ccccc4)cc3)c2)cc1. The Labute approximate surface area is 329 Å². The summed E-state index contributed by atoms with van der Waals surface area (Å²) in [5.74, 6) is 0. The average molecular weight is 714 g/mol. The van der Waals surface area contributed by atoms with Crippen LogP contribution in [0.4, 0.5) is 17.1 Å². The molecule has 0 saturated carbocycles. The predicted molar refractivity (Wildman–Crippen MR) is 235 cm³/mol. The van der Waals surface area contributed by atoms with Gasteiger partial charge in [-0.05, 0) is 110 Å². The fourth-order valence-corrected chi connectivity index (χ4v) is 8.86. The van der Waals surface area contributed by atoms with Gasteiger partial charge < -0.3 is 4.90 Å². The second-order valence-corrected chi connectivity index (χ2v) is 14.5. The van der Waals surface area contributed by atoms with Crippen LogP contribution in [0, 0.1) is 0 Å². The van der Waals surface area contributed by atoms with E-state index in [4.69, 9.17) is 0 Å². The Hall–Kier alpha value is -7.22. The quantitative estimate of drug-likeness (QED) is 0.152. The number of hydrogen-bond acceptors (Lipinski definition) is 1. The van der Waals surface area contributed by atoms with E-state index < -0.39 is 5.41 Å². The van der Waals surface area contributed by atoms with E-state index in [1.165, 1.54) is 66.8 Å². The van der Waals surface area contributed by atoms with E-state index in [1.807, 2.05) is 0 Å². The predicted octanol–water partition coefficient (Wildman–Crippen LogP) is 14.5. The molecular weight excluding hydrogens is 675 g/mol. The average Bonchev–Trinajstić information content (AvgIpc) is 3.60. The summed E-state index contributed by atoms with van der Waals surface area (Å²) in [7, 11) is 0. The number of anilines is 3. The van der Waals surface area contributed by atoms with Crippen LogP contribution in [-0.2, 0) is 5.41 Å². The molecule has 0 unspecified atom stereocenters. The normalized spacial score (nSPS) is 12.4. The maximum atomic E-state index is 2.43. The molecule has 0 aliphatic heterocycles. The van der Waals surface area contributed by atoms with Crippen molar-refractivity contribution in [3.05, 3.63) is 259 Å². The van der Waals surface area contributed by atoms with Gasteiger partial charge in [0.1, 0.15) is 0 Å². The summed E-state index contributed by atoms with van der Waals surface area (Å²) in [6, 6.07) is 86.1. The summed E-state index contributed by atoms with van der Waals surface area (Å²) in [5.41, 5.74) is 17.7. The van der Waals surface area contributed by atoms with Crippen molar-refractivity contribution in [1.29, 1.82) is 0 Å². The Morgan fingerprint density at radius 3 is 1.23 bits per heavy atom. The van der Waals surface area contributed by atoms with E-state index in [1.54, 1.807) is 0 Å². The highest BCUT2D eigenvalue weighted by molar-refractivity contribution is 5.97.